The number of carbonyl (C=O) groups is 2. The molecule has 0 atom stereocenters. The summed E-state index contributed by atoms with van der Waals surface area (Å²) < 4.78 is 4.93. The molecule has 1 aliphatic carbocycles. The average molecular weight is 284 g/mol. The monoisotopic (exact) mass is 284 g/mol. The SMILES string of the molecule is CCOC(=O)CN(CC(C)C)C(=O)CNC1CCCC1. The van der Waals surface area contributed by atoms with Gasteiger partial charge in [-0.3, -0.25) is 9.59 Å². The summed E-state index contributed by atoms with van der Waals surface area (Å²) in [6.07, 6.45) is 4.78. The van der Waals surface area contributed by atoms with E-state index < -0.39 is 0 Å². The Morgan fingerprint density at radius 2 is 1.95 bits per heavy atom. The van der Waals surface area contributed by atoms with Crippen LogP contribution < -0.4 is 5.32 Å². The van der Waals surface area contributed by atoms with Crippen LogP contribution in [0, 0.1) is 5.92 Å². The standard InChI is InChI=1S/C15H28N2O3/c1-4-20-15(19)11-17(10-12(2)3)14(18)9-16-13-7-5-6-8-13/h12-13,16H,4-11H2,1-3H3. The first-order valence-corrected chi connectivity index (χ1v) is 7.69. The molecule has 0 heterocycles. The van der Waals surface area contributed by atoms with Gasteiger partial charge in [0.25, 0.3) is 0 Å². The van der Waals surface area contributed by atoms with Gasteiger partial charge < -0.3 is 15.0 Å². The summed E-state index contributed by atoms with van der Waals surface area (Å²) in [5.74, 6) is -0.0131. The number of hydrogen-bond donors (Lipinski definition) is 1. The minimum Gasteiger partial charge on any atom is -0.465 e. The van der Waals surface area contributed by atoms with Gasteiger partial charge in [-0.1, -0.05) is 26.7 Å². The third-order valence-electron chi connectivity index (χ3n) is 3.46. The zero-order valence-corrected chi connectivity index (χ0v) is 13.0. The van der Waals surface area contributed by atoms with Crippen molar-refractivity contribution < 1.29 is 14.3 Å². The molecule has 0 spiro atoms. The number of esters is 1. The first-order chi connectivity index (χ1) is 9.52. The summed E-state index contributed by atoms with van der Waals surface area (Å²) >= 11 is 0. The van der Waals surface area contributed by atoms with Gasteiger partial charge in [-0.05, 0) is 25.7 Å². The Bertz CT molecular complexity index is 312. The smallest absolute Gasteiger partial charge is 0.325 e. The highest BCUT2D eigenvalue weighted by Crippen LogP contribution is 2.17. The van der Waals surface area contributed by atoms with Crippen LogP contribution >= 0.6 is 0 Å². The number of hydrogen-bond acceptors (Lipinski definition) is 4. The van der Waals surface area contributed by atoms with Crippen LogP contribution in [-0.2, 0) is 14.3 Å². The first-order valence-electron chi connectivity index (χ1n) is 7.69. The van der Waals surface area contributed by atoms with Gasteiger partial charge in [0.15, 0.2) is 0 Å². The quantitative estimate of drug-likeness (QED) is 0.687. The second-order valence-electron chi connectivity index (χ2n) is 5.84. The highest BCUT2D eigenvalue weighted by molar-refractivity contribution is 5.83. The molecule has 0 aromatic rings. The van der Waals surface area contributed by atoms with Gasteiger partial charge in [0, 0.05) is 12.6 Å². The highest BCUT2D eigenvalue weighted by Gasteiger charge is 2.21. The lowest BCUT2D eigenvalue weighted by molar-refractivity contribution is -0.149. The topological polar surface area (TPSA) is 58.6 Å². The van der Waals surface area contributed by atoms with Crippen molar-refractivity contribution in [3.63, 3.8) is 0 Å². The second kappa shape index (κ2) is 8.95. The number of ether oxygens (including phenoxy) is 1. The molecule has 0 aliphatic heterocycles. The maximum absolute atomic E-state index is 12.2. The van der Waals surface area contributed by atoms with E-state index in [-0.39, 0.29) is 18.4 Å². The van der Waals surface area contributed by atoms with Crippen molar-refractivity contribution in [3.8, 4) is 0 Å². The first kappa shape index (κ1) is 17.0. The normalized spacial score (nSPS) is 15.6. The molecule has 0 saturated heterocycles. The molecule has 0 radical (unpaired) electrons. The van der Waals surface area contributed by atoms with E-state index in [1.54, 1.807) is 11.8 Å². The van der Waals surface area contributed by atoms with Crippen molar-refractivity contribution in [2.45, 2.75) is 52.5 Å². The van der Waals surface area contributed by atoms with E-state index in [4.69, 9.17) is 4.74 Å². The highest BCUT2D eigenvalue weighted by atomic mass is 16.5. The Balaban J connectivity index is 2.43. The molecule has 0 aromatic heterocycles. The van der Waals surface area contributed by atoms with Crippen LogP contribution in [-0.4, -0.2) is 49.1 Å². The number of rotatable bonds is 8. The minimum atomic E-state index is -0.331. The number of amides is 1. The van der Waals surface area contributed by atoms with E-state index in [1.165, 1.54) is 12.8 Å². The molecule has 116 valence electrons. The van der Waals surface area contributed by atoms with E-state index in [0.717, 1.165) is 12.8 Å². The van der Waals surface area contributed by atoms with Crippen molar-refractivity contribution in [2.75, 3.05) is 26.2 Å². The van der Waals surface area contributed by atoms with Gasteiger partial charge in [-0.15, -0.1) is 0 Å². The fourth-order valence-electron chi connectivity index (χ4n) is 2.53. The number of carbonyl (C=O) groups excluding carboxylic acids is 2. The fraction of sp³-hybridized carbons (Fsp3) is 0.867. The van der Waals surface area contributed by atoms with E-state index in [0.29, 0.717) is 31.7 Å². The van der Waals surface area contributed by atoms with Crippen molar-refractivity contribution >= 4 is 11.9 Å². The number of nitrogens with one attached hydrogen (secondary N) is 1. The van der Waals surface area contributed by atoms with Crippen molar-refractivity contribution in [1.29, 1.82) is 0 Å². The maximum Gasteiger partial charge on any atom is 0.325 e. The molecule has 5 heteroatoms. The Kier molecular flexibility index (Phi) is 7.59. The lowest BCUT2D eigenvalue weighted by Crippen LogP contribution is -2.45. The van der Waals surface area contributed by atoms with Gasteiger partial charge in [0.05, 0.1) is 13.2 Å². The predicted octanol–water partition coefficient (Wildman–Crippen LogP) is 1.57. The van der Waals surface area contributed by atoms with E-state index >= 15 is 0 Å². The lowest BCUT2D eigenvalue weighted by Gasteiger charge is -2.24. The molecule has 1 rings (SSSR count). The Morgan fingerprint density at radius 3 is 2.50 bits per heavy atom. The van der Waals surface area contributed by atoms with Crippen LogP contribution in [0.1, 0.15) is 46.5 Å². The van der Waals surface area contributed by atoms with Crippen LogP contribution in [0.5, 0.6) is 0 Å². The summed E-state index contributed by atoms with van der Waals surface area (Å²) in [4.78, 5) is 25.4. The predicted molar refractivity (Wildman–Crippen MR) is 78.3 cm³/mol. The molecular formula is C15H28N2O3. The van der Waals surface area contributed by atoms with E-state index in [9.17, 15) is 9.59 Å². The van der Waals surface area contributed by atoms with E-state index in [1.807, 2.05) is 13.8 Å². The van der Waals surface area contributed by atoms with E-state index in [2.05, 4.69) is 5.32 Å². The molecule has 0 aromatic carbocycles. The zero-order chi connectivity index (χ0) is 15.0. The minimum absolute atomic E-state index is 0.0151. The molecule has 1 amide bonds. The van der Waals surface area contributed by atoms with Gasteiger partial charge in [0.1, 0.15) is 6.54 Å². The summed E-state index contributed by atoms with van der Waals surface area (Å²) in [6.45, 7) is 7.15. The third kappa shape index (κ3) is 6.37. The molecule has 0 bridgehead atoms. The second-order valence-corrected chi connectivity index (χ2v) is 5.84. The molecule has 1 saturated carbocycles. The summed E-state index contributed by atoms with van der Waals surface area (Å²) in [6, 6.07) is 0.461. The van der Waals surface area contributed by atoms with Crippen LogP contribution in [0.15, 0.2) is 0 Å². The molecule has 0 unspecified atom stereocenters. The zero-order valence-electron chi connectivity index (χ0n) is 13.0. The summed E-state index contributed by atoms with van der Waals surface area (Å²) in [7, 11) is 0. The van der Waals surface area contributed by atoms with Crippen LogP contribution in [0.2, 0.25) is 0 Å². The van der Waals surface area contributed by atoms with Crippen molar-refractivity contribution in [3.05, 3.63) is 0 Å². The Hall–Kier alpha value is -1.10. The lowest BCUT2D eigenvalue weighted by atomic mass is 10.2. The number of nitrogens with zero attached hydrogens (tertiary/aromatic N) is 1. The van der Waals surface area contributed by atoms with Gasteiger partial charge in [-0.2, -0.15) is 0 Å². The summed E-state index contributed by atoms with van der Waals surface area (Å²) in [5.41, 5.74) is 0. The molecule has 5 nitrogen and oxygen atoms in total. The maximum atomic E-state index is 12.2. The Morgan fingerprint density at radius 1 is 1.30 bits per heavy atom. The van der Waals surface area contributed by atoms with Crippen molar-refractivity contribution in [1.82, 2.24) is 10.2 Å². The average Bonchev–Trinajstić information content (AvgIpc) is 2.88. The van der Waals surface area contributed by atoms with Crippen LogP contribution in [0.4, 0.5) is 0 Å². The molecule has 1 N–H and O–H groups in total. The van der Waals surface area contributed by atoms with Crippen LogP contribution in [0.25, 0.3) is 0 Å². The van der Waals surface area contributed by atoms with Gasteiger partial charge in [0.2, 0.25) is 5.91 Å². The molecule has 1 fully saturated rings. The molecule has 20 heavy (non-hydrogen) atoms. The largest absolute Gasteiger partial charge is 0.465 e. The molecule has 1 aliphatic rings. The van der Waals surface area contributed by atoms with Gasteiger partial charge >= 0.3 is 5.97 Å². The third-order valence-corrected chi connectivity index (χ3v) is 3.46. The summed E-state index contributed by atoms with van der Waals surface area (Å²) in [5, 5.41) is 3.30. The fourth-order valence-corrected chi connectivity index (χ4v) is 2.53. The van der Waals surface area contributed by atoms with Crippen molar-refractivity contribution in [2.24, 2.45) is 5.92 Å². The Labute approximate surface area is 122 Å². The van der Waals surface area contributed by atoms with Crippen LogP contribution in [0.3, 0.4) is 0 Å². The molecular weight excluding hydrogens is 256 g/mol. The van der Waals surface area contributed by atoms with Gasteiger partial charge in [-0.25, -0.2) is 0 Å².